The van der Waals surface area contributed by atoms with E-state index in [4.69, 9.17) is 0 Å². The van der Waals surface area contributed by atoms with Gasteiger partial charge < -0.3 is 10.6 Å². The lowest BCUT2D eigenvalue weighted by Crippen LogP contribution is -2.46. The molecule has 1 aliphatic heterocycles. The second-order valence-electron chi connectivity index (χ2n) is 4.26. The highest BCUT2D eigenvalue weighted by Crippen LogP contribution is 2.19. The molecule has 0 radical (unpaired) electrons. The fraction of sp³-hybridized carbons (Fsp3) is 0.417. The number of carbonyl (C=O) groups is 1. The molecule has 1 saturated heterocycles. The largest absolute Gasteiger partial charge is 0.348 e. The van der Waals surface area contributed by atoms with E-state index in [0.29, 0.717) is 6.54 Å². The molecule has 1 aromatic rings. The van der Waals surface area contributed by atoms with Gasteiger partial charge in [-0.2, -0.15) is 0 Å². The topological polar surface area (TPSA) is 41.1 Å². The van der Waals surface area contributed by atoms with Crippen LogP contribution in [0.2, 0.25) is 0 Å². The van der Waals surface area contributed by atoms with E-state index in [1.807, 2.05) is 0 Å². The molecule has 0 spiro atoms. The third-order valence-corrected chi connectivity index (χ3v) is 3.32. The van der Waals surface area contributed by atoms with E-state index < -0.39 is 23.1 Å². The molecule has 1 aromatic carbocycles. The van der Waals surface area contributed by atoms with Gasteiger partial charge in [-0.1, -0.05) is 15.9 Å². The van der Waals surface area contributed by atoms with Crippen LogP contribution in [-0.2, 0) is 0 Å². The second kappa shape index (κ2) is 7.17. The normalized spacial score (nSPS) is 18.6. The zero-order valence-corrected chi connectivity index (χ0v) is 12.4. The first-order valence-electron chi connectivity index (χ1n) is 5.74. The number of halogens is 4. The zero-order valence-electron chi connectivity index (χ0n) is 10.0. The minimum Gasteiger partial charge on any atom is -0.348 e. The summed E-state index contributed by atoms with van der Waals surface area (Å²) in [6, 6.07) is 2.09. The number of hydrogen-bond donors (Lipinski definition) is 2. The van der Waals surface area contributed by atoms with Crippen molar-refractivity contribution in [2.75, 3.05) is 13.1 Å². The van der Waals surface area contributed by atoms with E-state index >= 15 is 0 Å². The summed E-state index contributed by atoms with van der Waals surface area (Å²) < 4.78 is 27.4. The Balaban J connectivity index is 0.00000180. The van der Waals surface area contributed by atoms with E-state index in [0.717, 1.165) is 31.5 Å². The highest BCUT2D eigenvalue weighted by Gasteiger charge is 2.22. The predicted octanol–water partition coefficient (Wildman–Crippen LogP) is 2.63. The Morgan fingerprint density at radius 1 is 1.37 bits per heavy atom. The van der Waals surface area contributed by atoms with E-state index in [1.54, 1.807) is 0 Å². The van der Waals surface area contributed by atoms with Crippen LogP contribution in [0.15, 0.2) is 16.6 Å². The third kappa shape index (κ3) is 4.12. The van der Waals surface area contributed by atoms with E-state index in [1.165, 1.54) is 0 Å². The molecule has 1 atom stereocenters. The smallest absolute Gasteiger partial charge is 0.257 e. The first kappa shape index (κ1) is 16.3. The van der Waals surface area contributed by atoms with Crippen LogP contribution in [0.5, 0.6) is 0 Å². The zero-order chi connectivity index (χ0) is 13.1. The number of hydrogen-bond acceptors (Lipinski definition) is 2. The molecule has 1 heterocycles. The molecule has 0 bridgehead atoms. The molecule has 3 nitrogen and oxygen atoms in total. The van der Waals surface area contributed by atoms with Gasteiger partial charge in [-0.05, 0) is 31.5 Å². The fourth-order valence-corrected chi connectivity index (χ4v) is 2.39. The molecule has 1 amide bonds. The number of rotatable bonds is 2. The molecule has 2 N–H and O–H groups in total. The van der Waals surface area contributed by atoms with Crippen LogP contribution in [0.3, 0.4) is 0 Å². The Morgan fingerprint density at radius 3 is 2.53 bits per heavy atom. The SMILES string of the molecule is Cl.O=C(N[C@H]1CCCNC1)c1c(F)cc(Br)cc1F. The molecular formula is C12H14BrClF2N2O. The van der Waals surface area contributed by atoms with E-state index in [-0.39, 0.29) is 22.9 Å². The Kier molecular flexibility index (Phi) is 6.16. The number of benzene rings is 1. The van der Waals surface area contributed by atoms with Crippen LogP contribution < -0.4 is 10.6 Å². The summed E-state index contributed by atoms with van der Waals surface area (Å²) in [5.74, 6) is -2.42. The van der Waals surface area contributed by atoms with Crippen molar-refractivity contribution in [1.82, 2.24) is 10.6 Å². The van der Waals surface area contributed by atoms with Crippen molar-refractivity contribution in [2.24, 2.45) is 0 Å². The van der Waals surface area contributed by atoms with Crippen molar-refractivity contribution in [3.05, 3.63) is 33.8 Å². The van der Waals surface area contributed by atoms with E-state index in [9.17, 15) is 13.6 Å². The average molecular weight is 356 g/mol. The standard InChI is InChI=1S/C12H13BrF2N2O.ClH/c13-7-4-9(14)11(10(15)5-7)12(18)17-8-2-1-3-16-6-8;/h4-5,8,16H,1-3,6H2,(H,17,18);1H/t8-;/m0./s1. The maximum Gasteiger partial charge on any atom is 0.257 e. The maximum atomic E-state index is 13.6. The van der Waals surface area contributed by atoms with Gasteiger partial charge in [0.25, 0.3) is 5.91 Å². The van der Waals surface area contributed by atoms with Crippen molar-refractivity contribution in [3.8, 4) is 0 Å². The van der Waals surface area contributed by atoms with Crippen LogP contribution in [-0.4, -0.2) is 25.0 Å². The van der Waals surface area contributed by atoms with Crippen LogP contribution >= 0.6 is 28.3 Å². The summed E-state index contributed by atoms with van der Waals surface area (Å²) in [4.78, 5) is 11.8. The molecule has 0 aromatic heterocycles. The molecule has 19 heavy (non-hydrogen) atoms. The molecule has 7 heteroatoms. The molecule has 0 unspecified atom stereocenters. The quantitative estimate of drug-likeness (QED) is 0.856. The van der Waals surface area contributed by atoms with Gasteiger partial charge in [-0.25, -0.2) is 8.78 Å². The Labute approximate surface area is 124 Å². The maximum absolute atomic E-state index is 13.6. The van der Waals surface area contributed by atoms with Crippen LogP contribution in [0, 0.1) is 11.6 Å². The molecule has 1 aliphatic rings. The number of amides is 1. The van der Waals surface area contributed by atoms with Crippen molar-refractivity contribution in [3.63, 3.8) is 0 Å². The summed E-state index contributed by atoms with van der Waals surface area (Å²) in [5, 5.41) is 5.76. The van der Waals surface area contributed by atoms with Gasteiger partial charge in [0.15, 0.2) is 0 Å². The van der Waals surface area contributed by atoms with Gasteiger partial charge in [0, 0.05) is 17.1 Å². The highest BCUT2D eigenvalue weighted by atomic mass is 79.9. The van der Waals surface area contributed by atoms with E-state index in [2.05, 4.69) is 26.6 Å². The van der Waals surface area contributed by atoms with Crippen LogP contribution in [0.25, 0.3) is 0 Å². The molecular weight excluding hydrogens is 341 g/mol. The first-order chi connectivity index (χ1) is 8.58. The van der Waals surface area contributed by atoms with Crippen molar-refractivity contribution < 1.29 is 13.6 Å². The Morgan fingerprint density at radius 2 is 2.00 bits per heavy atom. The molecule has 0 aliphatic carbocycles. The minimum absolute atomic E-state index is 0. The summed E-state index contributed by atoms with van der Waals surface area (Å²) in [6.45, 7) is 1.54. The lowest BCUT2D eigenvalue weighted by atomic mass is 10.1. The summed E-state index contributed by atoms with van der Waals surface area (Å²) in [5.41, 5.74) is -0.524. The number of piperidine rings is 1. The van der Waals surface area contributed by atoms with Crippen molar-refractivity contribution in [1.29, 1.82) is 0 Å². The first-order valence-corrected chi connectivity index (χ1v) is 6.53. The second-order valence-corrected chi connectivity index (χ2v) is 5.18. The van der Waals surface area contributed by atoms with Gasteiger partial charge in [-0.3, -0.25) is 4.79 Å². The predicted molar refractivity (Wildman–Crippen MR) is 74.7 cm³/mol. The lowest BCUT2D eigenvalue weighted by Gasteiger charge is -2.23. The van der Waals surface area contributed by atoms with Crippen molar-refractivity contribution in [2.45, 2.75) is 18.9 Å². The third-order valence-electron chi connectivity index (χ3n) is 2.87. The number of carbonyl (C=O) groups excluding carboxylic acids is 1. The summed E-state index contributed by atoms with van der Waals surface area (Å²) in [7, 11) is 0. The summed E-state index contributed by atoms with van der Waals surface area (Å²) in [6.07, 6.45) is 1.76. The Hall–Kier alpha value is -0.720. The van der Waals surface area contributed by atoms with Gasteiger partial charge in [0.2, 0.25) is 0 Å². The van der Waals surface area contributed by atoms with Gasteiger partial charge in [0.1, 0.15) is 17.2 Å². The highest BCUT2D eigenvalue weighted by molar-refractivity contribution is 9.10. The van der Waals surface area contributed by atoms with Crippen molar-refractivity contribution >= 4 is 34.2 Å². The van der Waals surface area contributed by atoms with Gasteiger partial charge in [-0.15, -0.1) is 12.4 Å². The minimum atomic E-state index is -0.858. The van der Waals surface area contributed by atoms with Crippen LogP contribution in [0.4, 0.5) is 8.78 Å². The Bertz CT molecular complexity index is 444. The molecule has 0 saturated carbocycles. The van der Waals surface area contributed by atoms with Gasteiger partial charge >= 0.3 is 0 Å². The molecule has 2 rings (SSSR count). The fourth-order valence-electron chi connectivity index (χ4n) is 1.99. The van der Waals surface area contributed by atoms with Gasteiger partial charge in [0.05, 0.1) is 0 Å². The average Bonchev–Trinajstić information content (AvgIpc) is 2.28. The molecule has 1 fully saturated rings. The summed E-state index contributed by atoms with van der Waals surface area (Å²) >= 11 is 2.97. The number of nitrogens with one attached hydrogen (secondary N) is 2. The monoisotopic (exact) mass is 354 g/mol. The lowest BCUT2D eigenvalue weighted by molar-refractivity contribution is 0.0922. The molecule has 106 valence electrons. The van der Waals surface area contributed by atoms with Crippen LogP contribution in [0.1, 0.15) is 23.2 Å².